The monoisotopic (exact) mass is 262 g/mol. The molecular weight excluding hydrogens is 246 g/mol. The number of nitrogens with one attached hydrogen (secondary N) is 1. The van der Waals surface area contributed by atoms with Crippen LogP contribution < -0.4 is 5.32 Å². The van der Waals surface area contributed by atoms with Gasteiger partial charge in [0.2, 0.25) is 0 Å². The Morgan fingerprint density at radius 2 is 1.68 bits per heavy atom. The third kappa shape index (κ3) is 3.58. The number of hydrogen-bond acceptors (Lipinski definition) is 2. The van der Waals surface area contributed by atoms with Gasteiger partial charge in [-0.3, -0.25) is 4.98 Å². The van der Waals surface area contributed by atoms with E-state index in [-0.39, 0.29) is 12.1 Å². The molecule has 19 heavy (non-hydrogen) atoms. The van der Waals surface area contributed by atoms with Crippen LogP contribution in [-0.4, -0.2) is 4.98 Å². The van der Waals surface area contributed by atoms with Gasteiger partial charge in [0.05, 0.1) is 5.69 Å². The normalized spacial score (nSPS) is 14.1. The van der Waals surface area contributed by atoms with Gasteiger partial charge in [0.15, 0.2) is 0 Å². The Balaban J connectivity index is 2.10. The Hall–Kier alpha value is -1.81. The maximum absolute atomic E-state index is 13.2. The number of rotatable bonds is 4. The van der Waals surface area contributed by atoms with Gasteiger partial charge >= 0.3 is 0 Å². The van der Waals surface area contributed by atoms with E-state index in [4.69, 9.17) is 0 Å². The zero-order valence-electron chi connectivity index (χ0n) is 10.9. The first-order valence-electron chi connectivity index (χ1n) is 6.19. The summed E-state index contributed by atoms with van der Waals surface area (Å²) in [6, 6.07) is 9.06. The van der Waals surface area contributed by atoms with E-state index >= 15 is 0 Å². The summed E-state index contributed by atoms with van der Waals surface area (Å²) < 4.78 is 26.3. The van der Waals surface area contributed by atoms with Crippen LogP contribution in [0.3, 0.4) is 0 Å². The quantitative estimate of drug-likeness (QED) is 0.907. The van der Waals surface area contributed by atoms with Crippen molar-refractivity contribution >= 4 is 0 Å². The Morgan fingerprint density at radius 1 is 1.00 bits per heavy atom. The summed E-state index contributed by atoms with van der Waals surface area (Å²) in [6.07, 6.45) is 1.72. The van der Waals surface area contributed by atoms with Crippen molar-refractivity contribution in [1.29, 1.82) is 0 Å². The molecule has 0 aliphatic carbocycles. The van der Waals surface area contributed by atoms with Gasteiger partial charge in [-0.15, -0.1) is 0 Å². The summed E-state index contributed by atoms with van der Waals surface area (Å²) in [6.45, 7) is 3.84. The van der Waals surface area contributed by atoms with E-state index in [1.54, 1.807) is 6.20 Å². The lowest BCUT2D eigenvalue weighted by Gasteiger charge is -2.20. The lowest BCUT2D eigenvalue weighted by molar-refractivity contribution is 0.480. The summed E-state index contributed by atoms with van der Waals surface area (Å²) in [5, 5.41) is 3.27. The van der Waals surface area contributed by atoms with Crippen LogP contribution in [0.25, 0.3) is 0 Å². The molecule has 4 heteroatoms. The van der Waals surface area contributed by atoms with E-state index in [1.165, 1.54) is 12.1 Å². The number of aromatic nitrogens is 1. The predicted molar refractivity (Wildman–Crippen MR) is 70.6 cm³/mol. The van der Waals surface area contributed by atoms with Gasteiger partial charge in [0, 0.05) is 24.3 Å². The highest BCUT2D eigenvalue weighted by atomic mass is 19.1. The maximum atomic E-state index is 13.2. The Bertz CT molecular complexity index is 523. The molecule has 2 atom stereocenters. The molecule has 0 aliphatic heterocycles. The van der Waals surface area contributed by atoms with Crippen molar-refractivity contribution < 1.29 is 8.78 Å². The molecule has 100 valence electrons. The molecular formula is C15H16F2N2. The van der Waals surface area contributed by atoms with Crippen molar-refractivity contribution in [3.05, 3.63) is 65.5 Å². The van der Waals surface area contributed by atoms with E-state index in [9.17, 15) is 8.78 Å². The lowest BCUT2D eigenvalue weighted by atomic mass is 10.1. The minimum Gasteiger partial charge on any atom is -0.302 e. The second kappa shape index (κ2) is 5.89. The molecule has 2 rings (SSSR count). The van der Waals surface area contributed by atoms with E-state index in [2.05, 4.69) is 10.3 Å². The van der Waals surface area contributed by atoms with Crippen LogP contribution in [0.4, 0.5) is 8.78 Å². The SMILES string of the molecule is CC(N[C@@H](C)c1ccccn1)c1cc(F)cc(F)c1. The molecule has 0 amide bonds. The van der Waals surface area contributed by atoms with Crippen molar-refractivity contribution in [2.45, 2.75) is 25.9 Å². The molecule has 2 aromatic rings. The second-order valence-corrected chi connectivity index (χ2v) is 4.57. The second-order valence-electron chi connectivity index (χ2n) is 4.57. The summed E-state index contributed by atoms with van der Waals surface area (Å²) in [5.41, 5.74) is 1.48. The topological polar surface area (TPSA) is 24.9 Å². The first-order chi connectivity index (χ1) is 9.06. The molecule has 0 spiro atoms. The number of benzene rings is 1. The molecule has 2 nitrogen and oxygen atoms in total. The molecule has 0 fully saturated rings. The smallest absolute Gasteiger partial charge is 0.126 e. The van der Waals surface area contributed by atoms with Gasteiger partial charge in [-0.1, -0.05) is 6.07 Å². The van der Waals surface area contributed by atoms with Gasteiger partial charge in [0.1, 0.15) is 11.6 Å². The van der Waals surface area contributed by atoms with Crippen molar-refractivity contribution in [2.24, 2.45) is 0 Å². The predicted octanol–water partition coefficient (Wildman–Crippen LogP) is 3.77. The number of hydrogen-bond donors (Lipinski definition) is 1. The van der Waals surface area contributed by atoms with E-state index in [0.717, 1.165) is 11.8 Å². The lowest BCUT2D eigenvalue weighted by Crippen LogP contribution is -2.23. The first kappa shape index (κ1) is 13.6. The highest BCUT2D eigenvalue weighted by Crippen LogP contribution is 2.19. The highest BCUT2D eigenvalue weighted by molar-refractivity contribution is 5.21. The van der Waals surface area contributed by atoms with Crippen LogP contribution in [-0.2, 0) is 0 Å². The van der Waals surface area contributed by atoms with E-state index < -0.39 is 11.6 Å². The minimum atomic E-state index is -0.561. The fourth-order valence-corrected chi connectivity index (χ4v) is 2.01. The molecule has 0 saturated carbocycles. The van der Waals surface area contributed by atoms with Gasteiger partial charge < -0.3 is 5.32 Å². The van der Waals surface area contributed by atoms with E-state index in [1.807, 2.05) is 32.0 Å². The van der Waals surface area contributed by atoms with E-state index in [0.29, 0.717) is 5.56 Å². The van der Waals surface area contributed by atoms with Crippen LogP contribution >= 0.6 is 0 Å². The molecule has 1 aromatic heterocycles. The van der Waals surface area contributed by atoms with Gasteiger partial charge in [0.25, 0.3) is 0 Å². The Morgan fingerprint density at radius 3 is 2.26 bits per heavy atom. The first-order valence-corrected chi connectivity index (χ1v) is 6.19. The summed E-state index contributed by atoms with van der Waals surface area (Å²) in [5.74, 6) is -1.12. The maximum Gasteiger partial charge on any atom is 0.126 e. The molecule has 0 radical (unpaired) electrons. The summed E-state index contributed by atoms with van der Waals surface area (Å²) in [7, 11) is 0. The molecule has 1 aromatic carbocycles. The van der Waals surface area contributed by atoms with Gasteiger partial charge in [-0.05, 0) is 43.7 Å². The molecule has 1 unspecified atom stereocenters. The fourth-order valence-electron chi connectivity index (χ4n) is 2.01. The van der Waals surface area contributed by atoms with Crippen LogP contribution in [0.2, 0.25) is 0 Å². The zero-order chi connectivity index (χ0) is 13.8. The van der Waals surface area contributed by atoms with Crippen molar-refractivity contribution in [3.8, 4) is 0 Å². The van der Waals surface area contributed by atoms with Crippen LogP contribution in [0.5, 0.6) is 0 Å². The van der Waals surface area contributed by atoms with Crippen molar-refractivity contribution in [3.63, 3.8) is 0 Å². The number of pyridine rings is 1. The molecule has 1 heterocycles. The average Bonchev–Trinajstić information content (AvgIpc) is 2.38. The number of halogens is 2. The Kier molecular flexibility index (Phi) is 4.22. The fraction of sp³-hybridized carbons (Fsp3) is 0.267. The van der Waals surface area contributed by atoms with Crippen LogP contribution in [0.15, 0.2) is 42.6 Å². The third-order valence-corrected chi connectivity index (χ3v) is 3.02. The van der Waals surface area contributed by atoms with Crippen molar-refractivity contribution in [1.82, 2.24) is 10.3 Å². The van der Waals surface area contributed by atoms with Crippen LogP contribution in [0.1, 0.15) is 37.2 Å². The number of nitrogens with zero attached hydrogens (tertiary/aromatic N) is 1. The van der Waals surface area contributed by atoms with Gasteiger partial charge in [-0.2, -0.15) is 0 Å². The molecule has 1 N–H and O–H groups in total. The van der Waals surface area contributed by atoms with Gasteiger partial charge in [-0.25, -0.2) is 8.78 Å². The standard InChI is InChI=1S/C15H16F2N2/c1-10(12-7-13(16)9-14(17)8-12)19-11(2)15-5-3-4-6-18-15/h3-11,19H,1-2H3/t10?,11-/m0/s1. The van der Waals surface area contributed by atoms with Crippen molar-refractivity contribution in [2.75, 3.05) is 0 Å². The largest absolute Gasteiger partial charge is 0.302 e. The average molecular weight is 262 g/mol. The third-order valence-electron chi connectivity index (χ3n) is 3.02. The molecule has 0 aliphatic rings. The molecule has 0 bridgehead atoms. The minimum absolute atomic E-state index is 0.00234. The Labute approximate surface area is 111 Å². The summed E-state index contributed by atoms with van der Waals surface area (Å²) >= 11 is 0. The molecule has 0 saturated heterocycles. The zero-order valence-corrected chi connectivity index (χ0v) is 10.9. The summed E-state index contributed by atoms with van der Waals surface area (Å²) in [4.78, 5) is 4.25. The highest BCUT2D eigenvalue weighted by Gasteiger charge is 2.13. The van der Waals surface area contributed by atoms with Crippen LogP contribution in [0, 0.1) is 11.6 Å².